The van der Waals surface area contributed by atoms with Gasteiger partial charge in [-0.05, 0) is 86.9 Å². The number of nitrogens with zero attached hydrogens (tertiary/aromatic N) is 5. The van der Waals surface area contributed by atoms with Crippen molar-refractivity contribution in [1.29, 1.82) is 0 Å². The van der Waals surface area contributed by atoms with Crippen LogP contribution < -0.4 is 10.6 Å². The van der Waals surface area contributed by atoms with Crippen LogP contribution in [-0.4, -0.2) is 96.5 Å². The number of aryl methyl sites for hydroxylation is 2. The number of fused-ring (bicyclic) bond motifs is 4. The van der Waals surface area contributed by atoms with Crippen molar-refractivity contribution >= 4 is 17.0 Å². The van der Waals surface area contributed by atoms with E-state index in [0.717, 1.165) is 72.0 Å². The molecule has 2 N–H and O–H groups in total. The van der Waals surface area contributed by atoms with Gasteiger partial charge in [-0.1, -0.05) is 19.1 Å². The molecule has 1 unspecified atom stereocenters. The Morgan fingerprint density at radius 1 is 0.953 bits per heavy atom. The predicted octanol–water partition coefficient (Wildman–Crippen LogP) is 4.23. The third-order valence-electron chi connectivity index (χ3n) is 9.55. The summed E-state index contributed by atoms with van der Waals surface area (Å²) in [5.74, 6) is 0.555. The number of morpholine rings is 1. The van der Waals surface area contributed by atoms with Crippen LogP contribution in [0.5, 0.6) is 0 Å². The summed E-state index contributed by atoms with van der Waals surface area (Å²) in [6, 6.07) is 6.47. The van der Waals surface area contributed by atoms with Crippen LogP contribution in [0.25, 0.3) is 17.0 Å². The third kappa shape index (κ3) is 7.73. The monoisotopic (exact) mass is 585 g/mol. The second kappa shape index (κ2) is 15.4. The molecule has 8 nitrogen and oxygen atoms in total. The van der Waals surface area contributed by atoms with Gasteiger partial charge in [0.2, 0.25) is 0 Å². The lowest BCUT2D eigenvalue weighted by molar-refractivity contribution is 0.0365. The number of rotatable bonds is 9. The maximum Gasteiger partial charge on any atom is 0.0784 e. The van der Waals surface area contributed by atoms with Crippen LogP contribution in [0.15, 0.2) is 36.7 Å². The van der Waals surface area contributed by atoms with E-state index >= 15 is 0 Å². The molecule has 0 aromatic carbocycles. The predicted molar refractivity (Wildman–Crippen MR) is 176 cm³/mol. The summed E-state index contributed by atoms with van der Waals surface area (Å²) in [6.07, 6.45) is 16.0. The zero-order valence-electron chi connectivity index (χ0n) is 26.2. The number of ether oxygens (including phenoxy) is 1. The van der Waals surface area contributed by atoms with Gasteiger partial charge in [0.25, 0.3) is 0 Å². The van der Waals surface area contributed by atoms with Crippen LogP contribution in [0.4, 0.5) is 0 Å². The summed E-state index contributed by atoms with van der Waals surface area (Å²) < 4.78 is 8.10. The van der Waals surface area contributed by atoms with Crippen molar-refractivity contribution < 1.29 is 4.74 Å². The lowest BCUT2D eigenvalue weighted by atomic mass is 9.91. The van der Waals surface area contributed by atoms with Gasteiger partial charge in [-0.3, -0.25) is 14.9 Å². The number of hydrogen-bond acceptors (Lipinski definition) is 7. The quantitative estimate of drug-likeness (QED) is 0.364. The maximum atomic E-state index is 5.55. The van der Waals surface area contributed by atoms with Crippen molar-refractivity contribution in [3.05, 3.63) is 64.9 Å². The van der Waals surface area contributed by atoms with Gasteiger partial charge >= 0.3 is 0 Å². The molecule has 0 spiro atoms. The van der Waals surface area contributed by atoms with E-state index in [4.69, 9.17) is 9.72 Å². The van der Waals surface area contributed by atoms with Crippen molar-refractivity contribution in [2.24, 2.45) is 0 Å². The Morgan fingerprint density at radius 2 is 1.79 bits per heavy atom. The fourth-order valence-corrected chi connectivity index (χ4v) is 7.15. The van der Waals surface area contributed by atoms with E-state index in [1.807, 2.05) is 18.5 Å². The zero-order valence-corrected chi connectivity index (χ0v) is 26.2. The Bertz CT molecular complexity index is 1310. The number of allylic oxidation sites excluding steroid dienone is 1. The van der Waals surface area contributed by atoms with Crippen molar-refractivity contribution in [3.63, 3.8) is 0 Å². The topological polar surface area (TPSA) is 70.5 Å². The Balaban J connectivity index is 0.000000277. The summed E-state index contributed by atoms with van der Waals surface area (Å²) in [7, 11) is 0. The van der Waals surface area contributed by atoms with Gasteiger partial charge in [0.05, 0.1) is 24.4 Å². The molecule has 7 rings (SSSR count). The van der Waals surface area contributed by atoms with Crippen molar-refractivity contribution in [2.45, 2.75) is 64.5 Å². The number of aromatic nitrogens is 3. The fourth-order valence-electron chi connectivity index (χ4n) is 7.15. The molecule has 0 saturated carbocycles. The van der Waals surface area contributed by atoms with Gasteiger partial charge in [-0.2, -0.15) is 0 Å². The molecular weight excluding hydrogens is 534 g/mol. The first-order valence-corrected chi connectivity index (χ1v) is 16.8. The van der Waals surface area contributed by atoms with E-state index in [1.165, 1.54) is 90.8 Å². The average molecular weight is 586 g/mol. The second-order valence-corrected chi connectivity index (χ2v) is 12.5. The molecule has 3 aromatic heterocycles. The zero-order chi connectivity index (χ0) is 29.3. The van der Waals surface area contributed by atoms with Crippen LogP contribution >= 0.6 is 0 Å². The standard InChI is InChI=1S/C26H40N6O.C9H11N/c1-21-4-2-5-24-25(21)22-6-8-29-23(20-28-7-3-11-30-12-9-27-10-13-30)26(22)32(24)15-14-31-16-18-33-19-17-31;1-2-6-9-8(4-1)5-3-7-10-9/h2,5-6,8,21,27-28H,3-4,7,9-20H2,1H3;3,5,7H,1-2,4,6H2. The highest BCUT2D eigenvalue weighted by molar-refractivity contribution is 5.91. The molecule has 43 heavy (non-hydrogen) atoms. The molecule has 4 aliphatic rings. The highest BCUT2D eigenvalue weighted by Gasteiger charge is 2.24. The Kier molecular flexibility index (Phi) is 10.9. The molecule has 1 atom stereocenters. The highest BCUT2D eigenvalue weighted by atomic mass is 16.5. The second-order valence-electron chi connectivity index (χ2n) is 12.5. The molecule has 0 radical (unpaired) electrons. The summed E-state index contributed by atoms with van der Waals surface area (Å²) in [4.78, 5) is 14.3. The first-order chi connectivity index (χ1) is 21.3. The molecular formula is C35H51N7O. The third-order valence-corrected chi connectivity index (χ3v) is 9.55. The Morgan fingerprint density at radius 3 is 2.65 bits per heavy atom. The van der Waals surface area contributed by atoms with E-state index in [9.17, 15) is 0 Å². The summed E-state index contributed by atoms with van der Waals surface area (Å²) in [5.41, 5.74) is 8.22. The minimum Gasteiger partial charge on any atom is -0.379 e. The summed E-state index contributed by atoms with van der Waals surface area (Å²) >= 11 is 0. The number of hydrogen-bond donors (Lipinski definition) is 2. The summed E-state index contributed by atoms with van der Waals surface area (Å²) in [6.45, 7) is 15.9. The molecule has 2 aliphatic carbocycles. The highest BCUT2D eigenvalue weighted by Crippen LogP contribution is 2.38. The van der Waals surface area contributed by atoms with E-state index in [0.29, 0.717) is 5.92 Å². The van der Waals surface area contributed by atoms with E-state index < -0.39 is 0 Å². The molecule has 2 aliphatic heterocycles. The summed E-state index contributed by atoms with van der Waals surface area (Å²) in [5, 5.41) is 8.53. The van der Waals surface area contributed by atoms with Gasteiger partial charge in [0, 0.05) is 88.1 Å². The first kappa shape index (κ1) is 30.4. The molecule has 0 amide bonds. The minimum absolute atomic E-state index is 0.555. The lowest BCUT2D eigenvalue weighted by Crippen LogP contribution is -2.44. The van der Waals surface area contributed by atoms with Crippen LogP contribution in [0.3, 0.4) is 0 Å². The SMILES string of the molecule is CC1CC=Cc2c1c1ccnc(CNCCCN3CCNCC3)c1n2CCN1CCOCC1.c1cnc2c(c1)CCCC2. The van der Waals surface area contributed by atoms with Crippen LogP contribution in [0, 0.1) is 0 Å². The average Bonchev–Trinajstić information content (AvgIpc) is 3.40. The van der Waals surface area contributed by atoms with Gasteiger partial charge in [0.1, 0.15) is 0 Å². The van der Waals surface area contributed by atoms with Crippen LogP contribution in [0.2, 0.25) is 0 Å². The molecule has 232 valence electrons. The molecule has 2 fully saturated rings. The molecule has 3 aromatic rings. The van der Waals surface area contributed by atoms with Gasteiger partial charge in [0.15, 0.2) is 0 Å². The lowest BCUT2D eigenvalue weighted by Gasteiger charge is -2.27. The Hall–Kier alpha value is -2.62. The van der Waals surface area contributed by atoms with Crippen LogP contribution in [0.1, 0.15) is 66.7 Å². The van der Waals surface area contributed by atoms with Crippen molar-refractivity contribution in [3.8, 4) is 0 Å². The number of piperazine rings is 1. The smallest absolute Gasteiger partial charge is 0.0784 e. The largest absolute Gasteiger partial charge is 0.379 e. The van der Waals surface area contributed by atoms with Crippen LogP contribution in [-0.2, 0) is 30.7 Å². The molecule has 8 heteroatoms. The van der Waals surface area contributed by atoms with E-state index in [-0.39, 0.29) is 0 Å². The molecule has 2 saturated heterocycles. The van der Waals surface area contributed by atoms with Crippen molar-refractivity contribution in [1.82, 2.24) is 35.0 Å². The number of pyridine rings is 2. The normalized spacial score (nSPS) is 20.8. The fraction of sp³-hybridized carbons (Fsp3) is 0.600. The van der Waals surface area contributed by atoms with E-state index in [2.05, 4.69) is 61.2 Å². The molecule has 5 heterocycles. The first-order valence-electron chi connectivity index (χ1n) is 16.8. The van der Waals surface area contributed by atoms with Gasteiger partial charge < -0.3 is 24.8 Å². The Labute approximate surface area is 257 Å². The van der Waals surface area contributed by atoms with E-state index in [1.54, 1.807) is 0 Å². The number of nitrogens with one attached hydrogen (secondary N) is 2. The molecule has 0 bridgehead atoms. The maximum absolute atomic E-state index is 5.55. The van der Waals surface area contributed by atoms with Gasteiger partial charge in [-0.25, -0.2) is 0 Å². The minimum atomic E-state index is 0.555. The van der Waals surface area contributed by atoms with Crippen molar-refractivity contribution in [2.75, 3.05) is 72.1 Å². The van der Waals surface area contributed by atoms with Gasteiger partial charge in [-0.15, -0.1) is 0 Å².